The van der Waals surface area contributed by atoms with E-state index in [1.807, 2.05) is 37.3 Å². The lowest BCUT2D eigenvalue weighted by molar-refractivity contribution is -0.118. The maximum Gasteiger partial charge on any atom is 0.263 e. The molecule has 0 spiro atoms. The highest BCUT2D eigenvalue weighted by Crippen LogP contribution is 2.27. The van der Waals surface area contributed by atoms with Crippen molar-refractivity contribution in [3.05, 3.63) is 70.9 Å². The second kappa shape index (κ2) is 8.07. The van der Waals surface area contributed by atoms with Gasteiger partial charge < -0.3 is 10.1 Å². The number of nitrogens with zero attached hydrogens (tertiary/aromatic N) is 2. The SMILES string of the molecule is Cc1ccccc1-n1nc(C(C)(C)C)cc1NC(=O)COc1ccc(Cl)cc1. The average Bonchev–Trinajstić information content (AvgIpc) is 3.05. The summed E-state index contributed by atoms with van der Waals surface area (Å²) in [6, 6.07) is 16.7. The molecule has 1 N–H and O–H groups in total. The monoisotopic (exact) mass is 397 g/mol. The van der Waals surface area contributed by atoms with Gasteiger partial charge in [0.15, 0.2) is 6.61 Å². The van der Waals surface area contributed by atoms with Crippen LogP contribution in [-0.4, -0.2) is 22.3 Å². The highest BCUT2D eigenvalue weighted by Gasteiger charge is 2.22. The molecule has 0 aliphatic rings. The summed E-state index contributed by atoms with van der Waals surface area (Å²) in [5, 5.41) is 8.28. The van der Waals surface area contributed by atoms with Crippen LogP contribution in [0.3, 0.4) is 0 Å². The third-order valence-electron chi connectivity index (χ3n) is 4.27. The van der Waals surface area contributed by atoms with E-state index in [0.29, 0.717) is 16.6 Å². The Kier molecular flexibility index (Phi) is 5.75. The molecule has 0 saturated carbocycles. The quantitative estimate of drug-likeness (QED) is 0.647. The lowest BCUT2D eigenvalue weighted by Crippen LogP contribution is -2.22. The molecule has 2 aromatic carbocycles. The Hall–Kier alpha value is -2.79. The zero-order valence-electron chi connectivity index (χ0n) is 16.5. The van der Waals surface area contributed by atoms with Gasteiger partial charge in [-0.3, -0.25) is 4.79 Å². The average molecular weight is 398 g/mol. The molecule has 1 aromatic heterocycles. The van der Waals surface area contributed by atoms with E-state index in [9.17, 15) is 4.79 Å². The van der Waals surface area contributed by atoms with E-state index < -0.39 is 0 Å². The van der Waals surface area contributed by atoms with E-state index in [-0.39, 0.29) is 17.9 Å². The Morgan fingerprint density at radius 1 is 1.14 bits per heavy atom. The number of carbonyl (C=O) groups excluding carboxylic acids is 1. The fourth-order valence-corrected chi connectivity index (χ4v) is 2.81. The predicted molar refractivity (Wildman–Crippen MR) is 113 cm³/mol. The summed E-state index contributed by atoms with van der Waals surface area (Å²) in [7, 11) is 0. The largest absolute Gasteiger partial charge is 0.484 e. The molecule has 0 aliphatic carbocycles. The molecule has 1 amide bonds. The second-order valence-corrected chi connectivity index (χ2v) is 8.09. The third-order valence-corrected chi connectivity index (χ3v) is 4.52. The van der Waals surface area contributed by atoms with Gasteiger partial charge >= 0.3 is 0 Å². The van der Waals surface area contributed by atoms with Crippen LogP contribution in [0.2, 0.25) is 5.02 Å². The minimum absolute atomic E-state index is 0.106. The first-order valence-corrected chi connectivity index (χ1v) is 9.46. The molecular weight excluding hydrogens is 374 g/mol. The number of aryl methyl sites for hydroxylation is 1. The zero-order chi connectivity index (χ0) is 20.3. The molecule has 3 rings (SSSR count). The predicted octanol–water partition coefficient (Wildman–Crippen LogP) is 5.15. The van der Waals surface area contributed by atoms with Crippen LogP contribution in [0, 0.1) is 6.92 Å². The third kappa shape index (κ3) is 4.73. The number of amides is 1. The van der Waals surface area contributed by atoms with Gasteiger partial charge in [-0.1, -0.05) is 50.6 Å². The first-order chi connectivity index (χ1) is 13.2. The molecule has 146 valence electrons. The van der Waals surface area contributed by atoms with Crippen molar-refractivity contribution >= 4 is 23.3 Å². The summed E-state index contributed by atoms with van der Waals surface area (Å²) in [6.45, 7) is 8.18. The number of aromatic nitrogens is 2. The zero-order valence-corrected chi connectivity index (χ0v) is 17.2. The molecule has 0 fully saturated rings. The minimum Gasteiger partial charge on any atom is -0.484 e. The van der Waals surface area contributed by atoms with Gasteiger partial charge in [0.05, 0.1) is 11.4 Å². The van der Waals surface area contributed by atoms with Gasteiger partial charge in [0, 0.05) is 16.5 Å². The Bertz CT molecular complexity index is 972. The van der Waals surface area contributed by atoms with Gasteiger partial charge in [-0.25, -0.2) is 4.68 Å². The normalized spacial score (nSPS) is 11.3. The number of hydrogen-bond acceptors (Lipinski definition) is 3. The van der Waals surface area contributed by atoms with Crippen molar-refractivity contribution in [3.8, 4) is 11.4 Å². The molecule has 1 heterocycles. The number of carbonyl (C=O) groups is 1. The maximum atomic E-state index is 12.5. The summed E-state index contributed by atoms with van der Waals surface area (Å²) >= 11 is 5.86. The van der Waals surface area contributed by atoms with Gasteiger partial charge in [-0.2, -0.15) is 5.10 Å². The van der Waals surface area contributed by atoms with E-state index in [2.05, 4.69) is 26.1 Å². The Morgan fingerprint density at radius 3 is 2.46 bits per heavy atom. The first kappa shape index (κ1) is 20.0. The summed E-state index contributed by atoms with van der Waals surface area (Å²) in [5.74, 6) is 0.941. The van der Waals surface area contributed by atoms with Crippen LogP contribution in [0.5, 0.6) is 5.75 Å². The first-order valence-electron chi connectivity index (χ1n) is 9.09. The molecule has 0 saturated heterocycles. The molecule has 3 aromatic rings. The van der Waals surface area contributed by atoms with Crippen molar-refractivity contribution in [1.29, 1.82) is 0 Å². The summed E-state index contributed by atoms with van der Waals surface area (Å²) in [4.78, 5) is 12.5. The van der Waals surface area contributed by atoms with Crippen molar-refractivity contribution < 1.29 is 9.53 Å². The molecule has 0 bridgehead atoms. The van der Waals surface area contributed by atoms with E-state index in [1.54, 1.807) is 28.9 Å². The number of rotatable bonds is 5. The van der Waals surface area contributed by atoms with E-state index in [4.69, 9.17) is 21.4 Å². The van der Waals surface area contributed by atoms with Crippen molar-refractivity contribution in [2.75, 3.05) is 11.9 Å². The topological polar surface area (TPSA) is 56.2 Å². The molecule has 5 nitrogen and oxygen atoms in total. The van der Waals surface area contributed by atoms with E-state index in [0.717, 1.165) is 16.9 Å². The standard InChI is InChI=1S/C22H24ClN3O2/c1-15-7-5-6-8-18(15)26-20(13-19(25-26)22(2,3)4)24-21(27)14-28-17-11-9-16(23)10-12-17/h5-13H,14H2,1-4H3,(H,24,27). The maximum absolute atomic E-state index is 12.5. The highest BCUT2D eigenvalue weighted by atomic mass is 35.5. The van der Waals surface area contributed by atoms with Gasteiger partial charge in [0.1, 0.15) is 11.6 Å². The highest BCUT2D eigenvalue weighted by molar-refractivity contribution is 6.30. The fourth-order valence-electron chi connectivity index (χ4n) is 2.68. The van der Waals surface area contributed by atoms with Crippen LogP contribution in [0.25, 0.3) is 5.69 Å². The van der Waals surface area contributed by atoms with Gasteiger partial charge in [0.25, 0.3) is 5.91 Å². The summed E-state index contributed by atoms with van der Waals surface area (Å²) in [6.07, 6.45) is 0. The van der Waals surface area contributed by atoms with Crippen molar-refractivity contribution in [3.63, 3.8) is 0 Å². The van der Waals surface area contributed by atoms with Crippen LogP contribution in [0.4, 0.5) is 5.82 Å². The Morgan fingerprint density at radius 2 is 1.82 bits per heavy atom. The number of benzene rings is 2. The number of nitrogens with one attached hydrogen (secondary N) is 1. The van der Waals surface area contributed by atoms with Crippen LogP contribution in [-0.2, 0) is 10.2 Å². The lowest BCUT2D eigenvalue weighted by Gasteiger charge is -2.14. The van der Waals surface area contributed by atoms with Crippen molar-refractivity contribution in [2.24, 2.45) is 0 Å². The number of para-hydroxylation sites is 1. The summed E-state index contributed by atoms with van der Waals surface area (Å²) < 4.78 is 7.31. The molecule has 0 radical (unpaired) electrons. The summed E-state index contributed by atoms with van der Waals surface area (Å²) in [5.41, 5.74) is 2.74. The molecule has 0 unspecified atom stereocenters. The number of ether oxygens (including phenoxy) is 1. The number of halogens is 1. The molecule has 0 aliphatic heterocycles. The van der Waals surface area contributed by atoms with Crippen molar-refractivity contribution in [1.82, 2.24) is 9.78 Å². The lowest BCUT2D eigenvalue weighted by atomic mass is 9.92. The van der Waals surface area contributed by atoms with Crippen LogP contribution < -0.4 is 10.1 Å². The van der Waals surface area contributed by atoms with Gasteiger partial charge in [-0.15, -0.1) is 0 Å². The smallest absolute Gasteiger partial charge is 0.263 e. The van der Waals surface area contributed by atoms with Gasteiger partial charge in [0.2, 0.25) is 0 Å². The fraction of sp³-hybridized carbons (Fsp3) is 0.273. The van der Waals surface area contributed by atoms with Crippen molar-refractivity contribution in [2.45, 2.75) is 33.1 Å². The molecule has 28 heavy (non-hydrogen) atoms. The number of anilines is 1. The second-order valence-electron chi connectivity index (χ2n) is 7.65. The Labute approximate surface area is 170 Å². The van der Waals surface area contributed by atoms with Crippen LogP contribution >= 0.6 is 11.6 Å². The number of hydrogen-bond donors (Lipinski definition) is 1. The van der Waals surface area contributed by atoms with Crippen LogP contribution in [0.15, 0.2) is 54.6 Å². The minimum atomic E-state index is -0.259. The molecular formula is C22H24ClN3O2. The van der Waals surface area contributed by atoms with Crippen LogP contribution in [0.1, 0.15) is 32.0 Å². The Balaban J connectivity index is 1.82. The molecule has 0 atom stereocenters. The van der Waals surface area contributed by atoms with Gasteiger partial charge in [-0.05, 0) is 42.8 Å². The molecule has 6 heteroatoms. The van der Waals surface area contributed by atoms with E-state index >= 15 is 0 Å². The van der Waals surface area contributed by atoms with E-state index in [1.165, 1.54) is 0 Å².